The molecular weight excluding hydrogens is 238 g/mol. The Morgan fingerprint density at radius 2 is 1.95 bits per heavy atom. The Morgan fingerprint density at radius 3 is 2.58 bits per heavy atom. The number of rotatable bonds is 5. The molecule has 3 nitrogen and oxygen atoms in total. The number of hydrogen-bond acceptors (Lipinski definition) is 3. The van der Waals surface area contributed by atoms with Gasteiger partial charge in [-0.2, -0.15) is 0 Å². The van der Waals surface area contributed by atoms with E-state index in [1.54, 1.807) is 7.11 Å². The van der Waals surface area contributed by atoms with Gasteiger partial charge in [-0.05, 0) is 25.0 Å². The summed E-state index contributed by atoms with van der Waals surface area (Å²) in [6.45, 7) is 0.775. The fourth-order valence-electron chi connectivity index (χ4n) is 3.07. The van der Waals surface area contributed by atoms with E-state index in [1.165, 1.54) is 25.5 Å². The van der Waals surface area contributed by atoms with Gasteiger partial charge < -0.3 is 14.4 Å². The number of hydrogen-bond donors (Lipinski definition) is 0. The second-order valence-corrected chi connectivity index (χ2v) is 5.57. The van der Waals surface area contributed by atoms with Gasteiger partial charge in [-0.25, -0.2) is 0 Å². The second kappa shape index (κ2) is 6.09. The van der Waals surface area contributed by atoms with Crippen LogP contribution >= 0.6 is 0 Å². The summed E-state index contributed by atoms with van der Waals surface area (Å²) >= 11 is 0. The van der Waals surface area contributed by atoms with Gasteiger partial charge in [-0.15, -0.1) is 0 Å². The molecule has 1 fully saturated rings. The van der Waals surface area contributed by atoms with Crippen molar-refractivity contribution in [3.63, 3.8) is 0 Å². The summed E-state index contributed by atoms with van der Waals surface area (Å²) < 4.78 is 5.39. The minimum Gasteiger partial charge on any atom is -0.495 e. The van der Waals surface area contributed by atoms with Gasteiger partial charge in [0.15, 0.2) is 0 Å². The van der Waals surface area contributed by atoms with Crippen molar-refractivity contribution in [2.45, 2.75) is 32.1 Å². The second-order valence-electron chi connectivity index (χ2n) is 5.57. The quantitative estimate of drug-likeness (QED) is 0.762. The van der Waals surface area contributed by atoms with Gasteiger partial charge in [0.25, 0.3) is 0 Å². The van der Waals surface area contributed by atoms with Crippen molar-refractivity contribution in [1.29, 1.82) is 0 Å². The van der Waals surface area contributed by atoms with Crippen molar-refractivity contribution < 1.29 is 9.53 Å². The average Bonchev–Trinajstić information content (AvgIpc) is 2.48. The van der Waals surface area contributed by atoms with Crippen molar-refractivity contribution in [2.24, 2.45) is 5.41 Å². The summed E-state index contributed by atoms with van der Waals surface area (Å²) in [6.07, 6.45) is 6.79. The lowest BCUT2D eigenvalue weighted by atomic mass is 9.75. The van der Waals surface area contributed by atoms with E-state index in [2.05, 4.69) is 4.90 Å². The van der Waals surface area contributed by atoms with E-state index < -0.39 is 0 Å². The van der Waals surface area contributed by atoms with Gasteiger partial charge in [0.2, 0.25) is 0 Å². The Labute approximate surface area is 115 Å². The third kappa shape index (κ3) is 3.09. The Hall–Kier alpha value is -1.51. The summed E-state index contributed by atoms with van der Waals surface area (Å²) in [4.78, 5) is 13.7. The Balaban J connectivity index is 2.15. The average molecular weight is 261 g/mol. The molecule has 0 saturated heterocycles. The molecule has 1 aromatic rings. The summed E-state index contributed by atoms with van der Waals surface area (Å²) in [5.41, 5.74) is 0.880. The lowest BCUT2D eigenvalue weighted by Gasteiger charge is -2.36. The summed E-state index contributed by atoms with van der Waals surface area (Å²) in [5.74, 6) is 0.863. The highest BCUT2D eigenvalue weighted by Gasteiger charge is 2.33. The van der Waals surface area contributed by atoms with Crippen molar-refractivity contribution in [3.05, 3.63) is 24.3 Å². The first kappa shape index (κ1) is 13.9. The van der Waals surface area contributed by atoms with Crippen LogP contribution in [0.4, 0.5) is 5.69 Å². The molecule has 1 aromatic carbocycles. The van der Waals surface area contributed by atoms with Crippen LogP contribution < -0.4 is 9.64 Å². The number of ether oxygens (including phenoxy) is 1. The van der Waals surface area contributed by atoms with Crippen molar-refractivity contribution in [1.82, 2.24) is 0 Å². The zero-order valence-corrected chi connectivity index (χ0v) is 11.9. The fourth-order valence-corrected chi connectivity index (χ4v) is 3.07. The van der Waals surface area contributed by atoms with Crippen LogP contribution in [0, 0.1) is 5.41 Å². The predicted octanol–water partition coefficient (Wildman–Crippen LogP) is 3.28. The maximum absolute atomic E-state index is 11.5. The Morgan fingerprint density at radius 1 is 1.26 bits per heavy atom. The SMILES string of the molecule is COc1ccccc1N(C)CC1(C=O)CCCCC1. The largest absolute Gasteiger partial charge is 0.495 e. The molecule has 0 bridgehead atoms. The van der Waals surface area contributed by atoms with E-state index in [4.69, 9.17) is 4.74 Å². The Bertz CT molecular complexity index is 425. The molecule has 2 rings (SSSR count). The molecule has 0 atom stereocenters. The van der Waals surface area contributed by atoms with Crippen LogP contribution in [-0.2, 0) is 4.79 Å². The fraction of sp³-hybridized carbons (Fsp3) is 0.562. The normalized spacial score (nSPS) is 17.8. The maximum Gasteiger partial charge on any atom is 0.142 e. The molecule has 19 heavy (non-hydrogen) atoms. The highest BCUT2D eigenvalue weighted by molar-refractivity contribution is 5.64. The number of methoxy groups -OCH3 is 1. The zero-order valence-electron chi connectivity index (χ0n) is 11.9. The molecule has 1 aliphatic carbocycles. The number of para-hydroxylation sites is 2. The number of benzene rings is 1. The monoisotopic (exact) mass is 261 g/mol. The van der Waals surface area contributed by atoms with Gasteiger partial charge in [-0.1, -0.05) is 31.4 Å². The van der Waals surface area contributed by atoms with Crippen LogP contribution in [-0.4, -0.2) is 27.0 Å². The van der Waals surface area contributed by atoms with Crippen molar-refractivity contribution in [3.8, 4) is 5.75 Å². The third-order valence-corrected chi connectivity index (χ3v) is 4.15. The highest BCUT2D eigenvalue weighted by atomic mass is 16.5. The van der Waals surface area contributed by atoms with E-state index in [1.807, 2.05) is 31.3 Å². The molecule has 0 aromatic heterocycles. The van der Waals surface area contributed by atoms with Crippen LogP contribution in [0.25, 0.3) is 0 Å². The Kier molecular flexibility index (Phi) is 4.46. The van der Waals surface area contributed by atoms with Gasteiger partial charge >= 0.3 is 0 Å². The minimum atomic E-state index is -0.173. The van der Waals surface area contributed by atoms with Gasteiger partial charge in [0.05, 0.1) is 12.8 Å². The van der Waals surface area contributed by atoms with Crippen LogP contribution in [0.2, 0.25) is 0 Å². The molecule has 0 heterocycles. The molecule has 0 N–H and O–H groups in total. The summed E-state index contributed by atoms with van der Waals surface area (Å²) in [7, 11) is 3.72. The molecule has 0 amide bonds. The van der Waals surface area contributed by atoms with E-state index in [0.717, 1.165) is 30.8 Å². The smallest absolute Gasteiger partial charge is 0.142 e. The molecule has 0 aliphatic heterocycles. The molecule has 0 spiro atoms. The van der Waals surface area contributed by atoms with Crippen LogP contribution in [0.15, 0.2) is 24.3 Å². The number of carbonyl (C=O) groups is 1. The van der Waals surface area contributed by atoms with Gasteiger partial charge in [0.1, 0.15) is 12.0 Å². The topological polar surface area (TPSA) is 29.5 Å². The van der Waals surface area contributed by atoms with Gasteiger partial charge in [-0.3, -0.25) is 0 Å². The molecule has 0 radical (unpaired) electrons. The van der Waals surface area contributed by atoms with Crippen molar-refractivity contribution in [2.75, 3.05) is 25.6 Å². The first-order chi connectivity index (χ1) is 9.21. The molecular formula is C16H23NO2. The number of carbonyl (C=O) groups excluding carboxylic acids is 1. The first-order valence-electron chi connectivity index (χ1n) is 7.01. The number of anilines is 1. The lowest BCUT2D eigenvalue weighted by Crippen LogP contribution is -2.38. The van der Waals surface area contributed by atoms with Crippen molar-refractivity contribution >= 4 is 12.0 Å². The first-order valence-corrected chi connectivity index (χ1v) is 7.01. The van der Waals surface area contributed by atoms with Crippen LogP contribution in [0.3, 0.4) is 0 Å². The van der Waals surface area contributed by atoms with Crippen LogP contribution in [0.5, 0.6) is 5.75 Å². The van der Waals surface area contributed by atoms with E-state index >= 15 is 0 Å². The number of aldehydes is 1. The van der Waals surface area contributed by atoms with E-state index in [-0.39, 0.29) is 5.41 Å². The van der Waals surface area contributed by atoms with E-state index in [0.29, 0.717) is 0 Å². The van der Waals surface area contributed by atoms with E-state index in [9.17, 15) is 4.79 Å². The van der Waals surface area contributed by atoms with Crippen LogP contribution in [0.1, 0.15) is 32.1 Å². The molecule has 3 heteroatoms. The maximum atomic E-state index is 11.5. The minimum absolute atomic E-state index is 0.173. The lowest BCUT2D eigenvalue weighted by molar-refractivity contribution is -0.117. The predicted molar refractivity (Wildman–Crippen MR) is 77.8 cm³/mol. The molecule has 1 saturated carbocycles. The molecule has 0 unspecified atom stereocenters. The summed E-state index contributed by atoms with van der Waals surface area (Å²) in [5, 5.41) is 0. The summed E-state index contributed by atoms with van der Waals surface area (Å²) in [6, 6.07) is 7.97. The third-order valence-electron chi connectivity index (χ3n) is 4.15. The number of nitrogens with zero attached hydrogens (tertiary/aromatic N) is 1. The molecule has 1 aliphatic rings. The standard InChI is InChI=1S/C16H23NO2/c1-17(14-8-4-5-9-15(14)19-2)12-16(13-18)10-6-3-7-11-16/h4-5,8-9,13H,3,6-7,10-12H2,1-2H3. The highest BCUT2D eigenvalue weighted by Crippen LogP contribution is 2.37. The zero-order chi connectivity index (χ0) is 13.7. The molecule has 104 valence electrons. The van der Waals surface area contributed by atoms with Gasteiger partial charge in [0, 0.05) is 19.0 Å².